The third kappa shape index (κ3) is 4.81. The molecule has 0 spiro atoms. The van der Waals surface area contributed by atoms with Crippen molar-refractivity contribution in [3.8, 4) is 0 Å². The van der Waals surface area contributed by atoms with Crippen molar-refractivity contribution in [3.63, 3.8) is 0 Å². The molecule has 1 aliphatic rings. The molecular formula is C20H22F4N3O+. The van der Waals surface area contributed by atoms with E-state index in [1.54, 1.807) is 19.1 Å². The van der Waals surface area contributed by atoms with Gasteiger partial charge in [0.2, 0.25) is 0 Å². The molecule has 28 heavy (non-hydrogen) atoms. The fourth-order valence-electron chi connectivity index (χ4n) is 3.35. The van der Waals surface area contributed by atoms with Crippen LogP contribution in [0.1, 0.15) is 12.5 Å². The predicted octanol–water partition coefficient (Wildman–Crippen LogP) is 2.58. The molecular weight excluding hydrogens is 374 g/mol. The van der Waals surface area contributed by atoms with Crippen molar-refractivity contribution in [2.24, 2.45) is 0 Å². The lowest BCUT2D eigenvalue weighted by Gasteiger charge is -2.36. The molecule has 1 saturated heterocycles. The Morgan fingerprint density at radius 3 is 2.36 bits per heavy atom. The Morgan fingerprint density at radius 1 is 1.11 bits per heavy atom. The van der Waals surface area contributed by atoms with E-state index >= 15 is 0 Å². The van der Waals surface area contributed by atoms with Gasteiger partial charge in [-0.15, -0.1) is 0 Å². The first-order valence-electron chi connectivity index (χ1n) is 9.07. The number of halogens is 4. The summed E-state index contributed by atoms with van der Waals surface area (Å²) in [4.78, 5) is 15.7. The van der Waals surface area contributed by atoms with Crippen LogP contribution in [0.2, 0.25) is 0 Å². The molecule has 0 aliphatic carbocycles. The third-order valence-electron chi connectivity index (χ3n) is 5.06. The standard InChI is InChI=1S/C20H21F4N3O/c1-14(19(28)25-17-4-2-3-15(13-17)20(22,23)24)26-9-11-27(12-10-26)18-7-5-16(21)6-8-18/h2-8,13-14H,9-12H2,1H3,(H,25,28)/p+1/t14-/m1/s1. The molecule has 150 valence electrons. The van der Waals surface area contributed by atoms with E-state index in [2.05, 4.69) is 10.2 Å². The normalized spacial score (nSPS) is 16.7. The number of amides is 1. The topological polar surface area (TPSA) is 36.8 Å². The molecule has 2 N–H and O–H groups in total. The van der Waals surface area contributed by atoms with Gasteiger partial charge < -0.3 is 15.1 Å². The maximum Gasteiger partial charge on any atom is 0.416 e. The lowest BCUT2D eigenvalue weighted by Crippen LogP contribution is -3.19. The van der Waals surface area contributed by atoms with Crippen molar-refractivity contribution >= 4 is 17.3 Å². The molecule has 0 radical (unpaired) electrons. The van der Waals surface area contributed by atoms with Gasteiger partial charge in [-0.3, -0.25) is 4.79 Å². The van der Waals surface area contributed by atoms with Gasteiger partial charge in [-0.05, 0) is 49.4 Å². The van der Waals surface area contributed by atoms with E-state index in [0.29, 0.717) is 26.2 Å². The molecule has 1 aliphatic heterocycles. The van der Waals surface area contributed by atoms with Crippen LogP contribution < -0.4 is 15.1 Å². The quantitative estimate of drug-likeness (QED) is 0.780. The first kappa shape index (κ1) is 20.1. The number of anilines is 2. The first-order valence-corrected chi connectivity index (χ1v) is 9.07. The van der Waals surface area contributed by atoms with Crippen LogP contribution in [0.3, 0.4) is 0 Å². The van der Waals surface area contributed by atoms with Crippen LogP contribution in [0.15, 0.2) is 48.5 Å². The average molecular weight is 396 g/mol. The van der Waals surface area contributed by atoms with Crippen LogP contribution in [-0.4, -0.2) is 38.1 Å². The number of rotatable bonds is 4. The Hall–Kier alpha value is -2.61. The Morgan fingerprint density at radius 2 is 1.75 bits per heavy atom. The van der Waals surface area contributed by atoms with Crippen LogP contribution in [0, 0.1) is 5.82 Å². The number of piperazine rings is 1. The SMILES string of the molecule is C[C@H](C(=O)Nc1cccc(C(F)(F)F)c1)[NH+]1CCN(c2ccc(F)cc2)CC1. The van der Waals surface area contributed by atoms with E-state index in [1.807, 2.05) is 0 Å². The van der Waals surface area contributed by atoms with E-state index in [1.165, 1.54) is 24.3 Å². The minimum atomic E-state index is -4.45. The molecule has 1 amide bonds. The van der Waals surface area contributed by atoms with Gasteiger partial charge in [-0.1, -0.05) is 6.07 Å². The fourth-order valence-corrected chi connectivity index (χ4v) is 3.35. The molecule has 1 heterocycles. The minimum absolute atomic E-state index is 0.135. The van der Waals surface area contributed by atoms with Crippen molar-refractivity contribution in [1.82, 2.24) is 0 Å². The summed E-state index contributed by atoms with van der Waals surface area (Å²) in [6.45, 7) is 4.60. The highest BCUT2D eigenvalue weighted by molar-refractivity contribution is 5.93. The summed E-state index contributed by atoms with van der Waals surface area (Å²) < 4.78 is 51.5. The Balaban J connectivity index is 1.57. The third-order valence-corrected chi connectivity index (χ3v) is 5.06. The highest BCUT2D eigenvalue weighted by Gasteiger charge is 2.32. The molecule has 1 fully saturated rings. The zero-order chi connectivity index (χ0) is 20.3. The summed E-state index contributed by atoms with van der Waals surface area (Å²) >= 11 is 0. The number of benzene rings is 2. The number of nitrogens with zero attached hydrogens (tertiary/aromatic N) is 1. The largest absolute Gasteiger partial charge is 0.416 e. The Kier molecular flexibility index (Phi) is 5.88. The predicted molar refractivity (Wildman–Crippen MR) is 98.8 cm³/mol. The molecule has 3 rings (SSSR count). The van der Waals surface area contributed by atoms with E-state index < -0.39 is 17.8 Å². The van der Waals surface area contributed by atoms with Crippen LogP contribution >= 0.6 is 0 Å². The molecule has 0 bridgehead atoms. The van der Waals surface area contributed by atoms with Crippen molar-refractivity contribution in [2.75, 3.05) is 36.4 Å². The zero-order valence-electron chi connectivity index (χ0n) is 15.4. The maximum atomic E-state index is 13.1. The van der Waals surface area contributed by atoms with Crippen molar-refractivity contribution in [1.29, 1.82) is 0 Å². The van der Waals surface area contributed by atoms with Gasteiger partial charge in [-0.25, -0.2) is 4.39 Å². The van der Waals surface area contributed by atoms with Gasteiger partial charge in [0.25, 0.3) is 5.91 Å². The molecule has 1 atom stereocenters. The summed E-state index contributed by atoms with van der Waals surface area (Å²) in [5, 5.41) is 2.59. The highest BCUT2D eigenvalue weighted by atomic mass is 19.4. The Labute approximate surface area is 160 Å². The summed E-state index contributed by atoms with van der Waals surface area (Å²) in [6, 6.07) is 10.5. The van der Waals surface area contributed by atoms with Crippen molar-refractivity contribution in [2.45, 2.75) is 19.1 Å². The maximum absolute atomic E-state index is 13.1. The minimum Gasteiger partial charge on any atom is -0.360 e. The number of hydrogen-bond donors (Lipinski definition) is 2. The van der Waals surface area contributed by atoms with Crippen LogP contribution in [0.5, 0.6) is 0 Å². The van der Waals surface area contributed by atoms with E-state index in [0.717, 1.165) is 22.7 Å². The van der Waals surface area contributed by atoms with Gasteiger partial charge in [0.15, 0.2) is 6.04 Å². The Bertz CT molecular complexity index is 815. The number of carbonyl (C=O) groups is 1. The van der Waals surface area contributed by atoms with Crippen molar-refractivity contribution < 1.29 is 27.3 Å². The lowest BCUT2D eigenvalue weighted by molar-refractivity contribution is -0.914. The smallest absolute Gasteiger partial charge is 0.360 e. The van der Waals surface area contributed by atoms with E-state index in [-0.39, 0.29) is 17.4 Å². The number of alkyl halides is 3. The number of quaternary nitrogens is 1. The molecule has 8 heteroatoms. The number of nitrogens with one attached hydrogen (secondary N) is 2. The number of carbonyl (C=O) groups excluding carboxylic acids is 1. The lowest BCUT2D eigenvalue weighted by atomic mass is 10.1. The van der Waals surface area contributed by atoms with Crippen LogP contribution in [0.25, 0.3) is 0 Å². The molecule has 0 unspecified atom stereocenters. The second kappa shape index (κ2) is 8.18. The fraction of sp³-hybridized carbons (Fsp3) is 0.350. The van der Waals surface area contributed by atoms with Gasteiger partial charge in [0.1, 0.15) is 5.82 Å². The molecule has 2 aromatic rings. The molecule has 4 nitrogen and oxygen atoms in total. The summed E-state index contributed by atoms with van der Waals surface area (Å²) in [5.41, 5.74) is 0.274. The van der Waals surface area contributed by atoms with Crippen LogP contribution in [-0.2, 0) is 11.0 Å². The van der Waals surface area contributed by atoms with Gasteiger partial charge >= 0.3 is 6.18 Å². The van der Waals surface area contributed by atoms with Gasteiger partial charge in [0, 0.05) is 11.4 Å². The second-order valence-corrected chi connectivity index (χ2v) is 6.91. The van der Waals surface area contributed by atoms with Gasteiger partial charge in [0.05, 0.1) is 31.7 Å². The summed E-state index contributed by atoms with van der Waals surface area (Å²) in [7, 11) is 0. The van der Waals surface area contributed by atoms with Gasteiger partial charge in [-0.2, -0.15) is 13.2 Å². The second-order valence-electron chi connectivity index (χ2n) is 6.91. The molecule has 0 saturated carbocycles. The van der Waals surface area contributed by atoms with E-state index in [9.17, 15) is 22.4 Å². The van der Waals surface area contributed by atoms with Crippen molar-refractivity contribution in [3.05, 3.63) is 59.9 Å². The highest BCUT2D eigenvalue weighted by Crippen LogP contribution is 2.30. The summed E-state index contributed by atoms with van der Waals surface area (Å²) in [5.74, 6) is -0.600. The van der Waals surface area contributed by atoms with E-state index in [4.69, 9.17) is 0 Å². The molecule has 0 aromatic heterocycles. The van der Waals surface area contributed by atoms with Crippen LogP contribution in [0.4, 0.5) is 28.9 Å². The zero-order valence-corrected chi connectivity index (χ0v) is 15.4. The summed E-state index contributed by atoms with van der Waals surface area (Å²) in [6.07, 6.45) is -4.45. The number of hydrogen-bond acceptors (Lipinski definition) is 2. The molecule has 2 aromatic carbocycles. The average Bonchev–Trinajstić information content (AvgIpc) is 2.68. The first-order chi connectivity index (χ1) is 13.2. The monoisotopic (exact) mass is 396 g/mol.